The first-order valence-corrected chi connectivity index (χ1v) is 6.92. The zero-order valence-corrected chi connectivity index (χ0v) is 11.7. The molecule has 106 valence electrons. The summed E-state index contributed by atoms with van der Waals surface area (Å²) >= 11 is 0. The van der Waals surface area contributed by atoms with Crippen molar-refractivity contribution in [2.75, 3.05) is 6.61 Å². The lowest BCUT2D eigenvalue weighted by atomic mass is 9.68. The van der Waals surface area contributed by atoms with Crippen molar-refractivity contribution in [2.24, 2.45) is 5.73 Å². The van der Waals surface area contributed by atoms with E-state index in [1.807, 2.05) is 6.92 Å². The van der Waals surface area contributed by atoms with Crippen LogP contribution in [0.15, 0.2) is 11.5 Å². The largest absolute Gasteiger partial charge is 0.420 e. The summed E-state index contributed by atoms with van der Waals surface area (Å²) in [7, 11) is 0. The quantitative estimate of drug-likeness (QED) is 0.851. The van der Waals surface area contributed by atoms with E-state index >= 15 is 0 Å². The predicted octanol–water partition coefficient (Wildman–Crippen LogP) is 1.50. The van der Waals surface area contributed by atoms with Crippen LogP contribution < -0.4 is 10.5 Å². The molecule has 0 radical (unpaired) electrons. The lowest BCUT2D eigenvalue weighted by Gasteiger charge is -2.35. The molecule has 0 bridgehead atoms. The number of nitriles is 1. The Labute approximate surface area is 117 Å². The Balaban J connectivity index is 2.24. The summed E-state index contributed by atoms with van der Waals surface area (Å²) in [5.74, 6) is 0.634. The Kier molecular flexibility index (Phi) is 2.94. The molecule has 1 aromatic heterocycles. The van der Waals surface area contributed by atoms with Crippen LogP contribution in [0.2, 0.25) is 0 Å². The Morgan fingerprint density at radius 2 is 2.40 bits per heavy atom. The number of ether oxygens (including phenoxy) is 2. The van der Waals surface area contributed by atoms with Crippen LogP contribution in [0.25, 0.3) is 0 Å². The minimum atomic E-state index is -0.524. The molecule has 2 atom stereocenters. The molecular weight excluding hydrogens is 256 g/mol. The van der Waals surface area contributed by atoms with Gasteiger partial charge in [0.15, 0.2) is 0 Å². The maximum absolute atomic E-state index is 9.53. The van der Waals surface area contributed by atoms with E-state index < -0.39 is 5.41 Å². The first-order valence-electron chi connectivity index (χ1n) is 6.92. The Hall–Kier alpha value is -2.00. The van der Waals surface area contributed by atoms with Gasteiger partial charge in [-0.15, -0.1) is 5.10 Å². The van der Waals surface area contributed by atoms with Crippen LogP contribution in [0, 0.1) is 11.3 Å². The molecule has 0 amide bonds. The predicted molar refractivity (Wildman–Crippen MR) is 71.7 cm³/mol. The Morgan fingerprint density at radius 1 is 1.60 bits per heavy atom. The molecule has 0 unspecified atom stereocenters. The molecule has 3 N–H and O–H groups in total. The third-order valence-electron chi connectivity index (χ3n) is 4.32. The van der Waals surface area contributed by atoms with E-state index in [1.165, 1.54) is 0 Å². The molecule has 6 heteroatoms. The van der Waals surface area contributed by atoms with Crippen molar-refractivity contribution in [2.45, 2.75) is 44.6 Å². The number of fused-ring (bicyclic) bond motifs is 2. The van der Waals surface area contributed by atoms with Crippen LogP contribution in [0.3, 0.4) is 0 Å². The van der Waals surface area contributed by atoms with Crippen LogP contribution in [-0.4, -0.2) is 22.9 Å². The highest BCUT2D eigenvalue weighted by molar-refractivity contribution is 5.55. The summed E-state index contributed by atoms with van der Waals surface area (Å²) in [6.07, 6.45) is 2.45. The fraction of sp³-hybridized carbons (Fsp3) is 0.571. The number of hydrogen-bond donors (Lipinski definition) is 2. The van der Waals surface area contributed by atoms with Crippen LogP contribution in [0.4, 0.5) is 0 Å². The van der Waals surface area contributed by atoms with Crippen LogP contribution in [-0.2, 0) is 16.6 Å². The van der Waals surface area contributed by atoms with Gasteiger partial charge in [0, 0.05) is 12.3 Å². The van der Waals surface area contributed by atoms with Crippen molar-refractivity contribution in [3.63, 3.8) is 0 Å². The molecule has 20 heavy (non-hydrogen) atoms. The van der Waals surface area contributed by atoms with Gasteiger partial charge in [-0.1, -0.05) is 13.3 Å². The fourth-order valence-electron chi connectivity index (χ4n) is 3.38. The first kappa shape index (κ1) is 13.0. The second-order valence-corrected chi connectivity index (χ2v) is 5.32. The summed E-state index contributed by atoms with van der Waals surface area (Å²) in [6.45, 7) is 4.69. The minimum Gasteiger partial charge on any atom is -0.420 e. The van der Waals surface area contributed by atoms with E-state index in [0.717, 1.165) is 30.5 Å². The second-order valence-electron chi connectivity index (χ2n) is 5.32. The van der Waals surface area contributed by atoms with Crippen LogP contribution >= 0.6 is 0 Å². The molecular formula is C14H18N4O2. The summed E-state index contributed by atoms with van der Waals surface area (Å²) in [5, 5.41) is 16.8. The molecule has 1 fully saturated rings. The Bertz CT molecular complexity index is 613. The first-order chi connectivity index (χ1) is 9.65. The van der Waals surface area contributed by atoms with Gasteiger partial charge in [-0.2, -0.15) is 5.26 Å². The summed E-state index contributed by atoms with van der Waals surface area (Å²) in [6, 6.07) is 2.22. The molecule has 1 aromatic rings. The third-order valence-corrected chi connectivity index (χ3v) is 4.32. The van der Waals surface area contributed by atoms with Gasteiger partial charge in [0.05, 0.1) is 17.1 Å². The fourth-order valence-corrected chi connectivity index (χ4v) is 3.38. The van der Waals surface area contributed by atoms with Gasteiger partial charge in [-0.05, 0) is 19.8 Å². The van der Waals surface area contributed by atoms with Crippen molar-refractivity contribution >= 4 is 0 Å². The molecule has 1 saturated heterocycles. The third kappa shape index (κ3) is 1.50. The molecule has 2 aliphatic rings. The molecule has 1 spiro atoms. The van der Waals surface area contributed by atoms with Gasteiger partial charge in [-0.25, -0.2) is 0 Å². The molecule has 2 aliphatic heterocycles. The molecule has 0 saturated carbocycles. The molecule has 3 heterocycles. The van der Waals surface area contributed by atoms with Crippen molar-refractivity contribution in [1.82, 2.24) is 10.2 Å². The van der Waals surface area contributed by atoms with Crippen molar-refractivity contribution in [3.05, 3.63) is 22.7 Å². The number of aromatic nitrogens is 2. The zero-order chi connectivity index (χ0) is 14.3. The number of nitrogens with zero attached hydrogens (tertiary/aromatic N) is 2. The number of hydrogen-bond acceptors (Lipinski definition) is 5. The summed E-state index contributed by atoms with van der Waals surface area (Å²) < 4.78 is 11.3. The Morgan fingerprint density at radius 3 is 3.00 bits per heavy atom. The molecule has 0 aromatic carbocycles. The lowest BCUT2D eigenvalue weighted by molar-refractivity contribution is 0.0996. The van der Waals surface area contributed by atoms with Gasteiger partial charge in [0.2, 0.25) is 11.8 Å². The highest BCUT2D eigenvalue weighted by Crippen LogP contribution is 2.51. The van der Waals surface area contributed by atoms with Gasteiger partial charge < -0.3 is 15.2 Å². The van der Waals surface area contributed by atoms with E-state index in [0.29, 0.717) is 18.1 Å². The maximum Gasteiger partial charge on any atom is 0.244 e. The van der Waals surface area contributed by atoms with Crippen molar-refractivity contribution in [3.8, 4) is 11.9 Å². The van der Waals surface area contributed by atoms with Crippen molar-refractivity contribution < 1.29 is 9.47 Å². The highest BCUT2D eigenvalue weighted by Gasteiger charge is 2.54. The maximum atomic E-state index is 9.53. The number of aryl methyl sites for hydroxylation is 1. The highest BCUT2D eigenvalue weighted by atomic mass is 16.5. The van der Waals surface area contributed by atoms with Crippen LogP contribution in [0.5, 0.6) is 5.88 Å². The van der Waals surface area contributed by atoms with Gasteiger partial charge in [-0.3, -0.25) is 5.10 Å². The second kappa shape index (κ2) is 4.53. The van der Waals surface area contributed by atoms with Gasteiger partial charge >= 0.3 is 0 Å². The average molecular weight is 274 g/mol. The number of nitrogens with two attached hydrogens (primary N) is 1. The minimum absolute atomic E-state index is 0.119. The summed E-state index contributed by atoms with van der Waals surface area (Å²) in [4.78, 5) is 0. The monoisotopic (exact) mass is 274 g/mol. The standard InChI is InChI=1S/C14H18N4O2/c1-3-4-10-11-13(18-17-10)20-12(16)9(7-15)14(11)5-6-19-8(14)2/h8H,3-6,16H2,1-2H3,(H,17,18)/t8-,14-/m1/s1. The SMILES string of the molecule is CCCc1[nH]nc2c1[C@@]1(CCO[C@@H]1C)C(C#N)=C(N)O2. The normalized spacial score (nSPS) is 28.4. The summed E-state index contributed by atoms with van der Waals surface area (Å²) in [5.41, 5.74) is 7.84. The number of H-pyrrole nitrogens is 1. The smallest absolute Gasteiger partial charge is 0.244 e. The van der Waals surface area contributed by atoms with Gasteiger partial charge in [0.1, 0.15) is 11.6 Å². The van der Waals surface area contributed by atoms with E-state index in [2.05, 4.69) is 23.2 Å². The number of nitrogens with one attached hydrogen (secondary N) is 1. The van der Waals surface area contributed by atoms with Gasteiger partial charge in [0.25, 0.3) is 0 Å². The number of aromatic amines is 1. The number of rotatable bonds is 2. The van der Waals surface area contributed by atoms with E-state index in [1.54, 1.807) is 0 Å². The van der Waals surface area contributed by atoms with E-state index in [-0.39, 0.29) is 12.0 Å². The average Bonchev–Trinajstić information content (AvgIpc) is 2.97. The molecule has 0 aliphatic carbocycles. The van der Waals surface area contributed by atoms with E-state index in [4.69, 9.17) is 15.2 Å². The van der Waals surface area contributed by atoms with Crippen LogP contribution in [0.1, 0.15) is 37.9 Å². The zero-order valence-electron chi connectivity index (χ0n) is 11.7. The molecule has 3 rings (SSSR count). The van der Waals surface area contributed by atoms with E-state index in [9.17, 15) is 5.26 Å². The van der Waals surface area contributed by atoms with Crippen molar-refractivity contribution in [1.29, 1.82) is 5.26 Å². The lowest BCUT2D eigenvalue weighted by Crippen LogP contribution is -2.41. The molecule has 6 nitrogen and oxygen atoms in total. The topological polar surface area (TPSA) is 97.0 Å².